The van der Waals surface area contributed by atoms with Gasteiger partial charge < -0.3 is 18.8 Å². The van der Waals surface area contributed by atoms with Gasteiger partial charge >= 0.3 is 0 Å². The van der Waals surface area contributed by atoms with Gasteiger partial charge in [0.2, 0.25) is 0 Å². The van der Waals surface area contributed by atoms with Crippen LogP contribution in [0.4, 0.5) is 11.4 Å². The van der Waals surface area contributed by atoms with Gasteiger partial charge in [0.25, 0.3) is 0 Å². The number of para-hydroxylation sites is 2. The monoisotopic (exact) mass is 1180 g/mol. The molecule has 0 fully saturated rings. The molecule has 76 heavy (non-hydrogen) atoms. The third kappa shape index (κ3) is 8.91. The average Bonchev–Trinajstić information content (AvgIpc) is 1.67. The molecule has 5 nitrogen and oxygen atoms in total. The number of ether oxygens (including phenoxy) is 1. The molecule has 0 unspecified atom stereocenters. The van der Waals surface area contributed by atoms with Crippen molar-refractivity contribution < 1.29 is 40.9 Å². The van der Waals surface area contributed by atoms with Crippen LogP contribution in [0.25, 0.3) is 82.1 Å². The summed E-state index contributed by atoms with van der Waals surface area (Å²) in [6, 6.07) is 59.8. The Morgan fingerprint density at radius 2 is 1.17 bits per heavy atom. The molecule has 384 valence electrons. The van der Waals surface area contributed by atoms with E-state index in [9.17, 15) is 2.74 Å². The predicted octanol–water partition coefficient (Wildman–Crippen LogP) is 19.0. The standard InChI is InChI=1S/C70H65N4O.Pt/c1-44(2)36-45-30-32-60-56-25-15-13-23-54(56)53-22-12-14-24-55(53)59-27-19-29-62-66(59)73(67(60)65(45)46-37-48(69(6,7)8)39-49(38-46)70(9,10)11)43-72(62)50-20-18-21-51(41-50)75-52-31-33-58-57-26-16-17-28-61(57)74(63(58)42-52)64-40-47(34-35-71-64)68(3,4)5;/h12-35,37-40,43-44H,36H2,1-11H3;/q-3;/i6D3,7D3,8D3,36D2;. The Labute approximate surface area is 478 Å². The van der Waals surface area contributed by atoms with Crippen LogP contribution in [-0.4, -0.2) is 14.1 Å². The molecule has 6 heteroatoms. The smallest absolute Gasteiger partial charge is 0.135 e. The van der Waals surface area contributed by atoms with Crippen molar-refractivity contribution in [2.45, 2.75) is 98.6 Å². The van der Waals surface area contributed by atoms with Crippen molar-refractivity contribution in [1.82, 2.24) is 14.1 Å². The first-order valence-corrected chi connectivity index (χ1v) is 25.6. The van der Waals surface area contributed by atoms with Crippen molar-refractivity contribution >= 4 is 76.5 Å². The second-order valence-corrected chi connectivity index (χ2v) is 22.2. The molecule has 4 heterocycles. The fourth-order valence-electron chi connectivity index (χ4n) is 10.8. The molecule has 0 amide bonds. The van der Waals surface area contributed by atoms with Gasteiger partial charge in [0, 0.05) is 65.0 Å². The first-order chi connectivity index (χ1) is 40.4. The zero-order chi connectivity index (χ0) is 61.4. The van der Waals surface area contributed by atoms with Gasteiger partial charge in [0.1, 0.15) is 5.82 Å². The van der Waals surface area contributed by atoms with E-state index in [1.807, 2.05) is 146 Å². The molecule has 3 aromatic heterocycles. The fourth-order valence-corrected chi connectivity index (χ4v) is 10.8. The van der Waals surface area contributed by atoms with Crippen LogP contribution >= 0.6 is 0 Å². The van der Waals surface area contributed by atoms with E-state index >= 15 is 0 Å². The second-order valence-electron chi connectivity index (χ2n) is 22.2. The number of fused-ring (bicyclic) bond motifs is 10. The van der Waals surface area contributed by atoms with Gasteiger partial charge in [-0.2, -0.15) is 12.1 Å². The largest absolute Gasteiger partial charge is 0.509 e. The van der Waals surface area contributed by atoms with Gasteiger partial charge in [-0.25, -0.2) is 4.98 Å². The maximum atomic E-state index is 10.0. The summed E-state index contributed by atoms with van der Waals surface area (Å²) in [4.78, 5) is 6.88. The van der Waals surface area contributed by atoms with Crippen molar-refractivity contribution in [3.8, 4) is 28.4 Å². The number of anilines is 2. The molecule has 0 spiro atoms. The fraction of sp³-hybridized carbons (Fsp3) is 0.229. The summed E-state index contributed by atoms with van der Waals surface area (Å²) < 4.78 is 111. The summed E-state index contributed by atoms with van der Waals surface area (Å²) in [7, 11) is 0. The Kier molecular flexibility index (Phi) is 9.80. The van der Waals surface area contributed by atoms with Crippen LogP contribution in [-0.2, 0) is 43.7 Å². The second kappa shape index (κ2) is 19.0. The molecule has 0 radical (unpaired) electrons. The number of rotatable bonds is 7. The molecule has 0 saturated carbocycles. The van der Waals surface area contributed by atoms with E-state index in [-0.39, 0.29) is 37.6 Å². The van der Waals surface area contributed by atoms with Gasteiger partial charge in [-0.1, -0.05) is 202 Å². The molecule has 12 rings (SSSR count). The number of hydrogen-bond donors (Lipinski definition) is 0. The molecule has 1 aliphatic rings. The van der Waals surface area contributed by atoms with Crippen molar-refractivity contribution in [3.63, 3.8) is 0 Å². The van der Waals surface area contributed by atoms with E-state index in [0.29, 0.717) is 39.2 Å². The normalized spacial score (nSPS) is 15.6. The maximum Gasteiger partial charge on any atom is 0.135 e. The zero-order valence-electron chi connectivity index (χ0n) is 54.8. The van der Waals surface area contributed by atoms with Gasteiger partial charge in [0.05, 0.1) is 0 Å². The van der Waals surface area contributed by atoms with Gasteiger partial charge in [0.15, 0.2) is 0 Å². The van der Waals surface area contributed by atoms with E-state index in [1.165, 1.54) is 12.1 Å². The third-order valence-corrected chi connectivity index (χ3v) is 14.5. The first-order valence-electron chi connectivity index (χ1n) is 31.1. The van der Waals surface area contributed by atoms with Crippen molar-refractivity contribution in [2.75, 3.05) is 4.90 Å². The quantitative estimate of drug-likeness (QED) is 0.149. The minimum absolute atomic E-state index is 0. The molecule has 8 aromatic carbocycles. The number of aromatic nitrogens is 3. The van der Waals surface area contributed by atoms with Crippen LogP contribution in [0.2, 0.25) is 0 Å². The van der Waals surface area contributed by atoms with E-state index < -0.39 is 49.2 Å². The van der Waals surface area contributed by atoms with E-state index in [4.69, 9.17) is 22.1 Å². The van der Waals surface area contributed by atoms with Crippen molar-refractivity contribution in [1.29, 1.82) is 0 Å². The van der Waals surface area contributed by atoms with E-state index in [0.717, 1.165) is 71.3 Å². The Balaban J connectivity index is 0.00000784. The number of nitrogens with zero attached hydrogens (tertiary/aromatic N) is 4. The van der Waals surface area contributed by atoms with Crippen molar-refractivity contribution in [2.24, 2.45) is 5.92 Å². The molecule has 0 N–H and O–H groups in total. The molecule has 0 atom stereocenters. The molecule has 11 aromatic rings. The topological polar surface area (TPSA) is 35.2 Å². The summed E-state index contributed by atoms with van der Waals surface area (Å²) >= 11 is 0. The van der Waals surface area contributed by atoms with Gasteiger partial charge in [-0.3, -0.25) is 0 Å². The Morgan fingerprint density at radius 3 is 1.84 bits per heavy atom. The Bertz CT molecular complexity index is 4580. The predicted molar refractivity (Wildman–Crippen MR) is 317 cm³/mol. The van der Waals surface area contributed by atoms with Crippen LogP contribution in [0.3, 0.4) is 0 Å². The summed E-state index contributed by atoms with van der Waals surface area (Å²) in [5.41, 5.74) is 2.03. The summed E-state index contributed by atoms with van der Waals surface area (Å²) in [5, 5.41) is 7.11. The first kappa shape index (κ1) is 39.1. The number of pyridine rings is 1. The minimum atomic E-state index is -3.58. The van der Waals surface area contributed by atoms with Gasteiger partial charge in [-0.05, 0) is 136 Å². The molecular weight excluding hydrogens is 1110 g/mol. The van der Waals surface area contributed by atoms with Crippen LogP contribution in [0.1, 0.15) is 113 Å². The molecule has 0 aliphatic carbocycles. The van der Waals surface area contributed by atoms with Crippen LogP contribution in [0.15, 0.2) is 170 Å². The molecule has 0 bridgehead atoms. The van der Waals surface area contributed by atoms with Crippen LogP contribution < -0.4 is 9.64 Å². The van der Waals surface area contributed by atoms with E-state index in [1.54, 1.807) is 19.9 Å². The van der Waals surface area contributed by atoms with E-state index in [2.05, 4.69) is 79.9 Å². The minimum Gasteiger partial charge on any atom is -0.509 e. The van der Waals surface area contributed by atoms with Crippen LogP contribution in [0, 0.1) is 24.7 Å². The summed E-state index contributed by atoms with van der Waals surface area (Å²) in [6.07, 6.45) is -0.236. The van der Waals surface area contributed by atoms with Crippen molar-refractivity contribution in [3.05, 3.63) is 211 Å². The third-order valence-electron chi connectivity index (χ3n) is 14.5. The molecular formula is C70H65N4OPt-3. The number of benzene rings is 8. The Morgan fingerprint density at radius 1 is 0.579 bits per heavy atom. The average molecular weight is 1180 g/mol. The maximum absolute atomic E-state index is 10.0. The SMILES string of the molecule is [2H]C([2H])(c1ccc2c3ccccc3c3ccccc3c3cccc4c3n(c2c1-c1cc(C(C)(C)C)cc(C(C([2H])([2H])[2H])(C([2H])([2H])[2H])C([2H])([2H])[2H])c1)[CH-]N4c1[c-]c(Oc2[c-]c3c(cc2)c2ccccc2n3-c2cc(C(C)(C)C)ccn2)ccc1)C(C)C.[Pt]. The number of hydrogen-bond acceptors (Lipinski definition) is 3. The van der Waals surface area contributed by atoms with Gasteiger partial charge in [-0.15, -0.1) is 35.7 Å². The molecule has 0 saturated heterocycles. The zero-order valence-corrected chi connectivity index (χ0v) is 46.1. The molecule has 1 aliphatic heterocycles. The Hall–Kier alpha value is -7.33. The van der Waals surface area contributed by atoms with Crippen LogP contribution in [0.5, 0.6) is 11.5 Å². The summed E-state index contributed by atoms with van der Waals surface area (Å²) in [6.45, 7) is 7.01. The summed E-state index contributed by atoms with van der Waals surface area (Å²) in [5.74, 6) is 0.995.